The average Bonchev–Trinajstić information content (AvgIpc) is 3.11. The Morgan fingerprint density at radius 3 is 2.90 bits per heavy atom. The van der Waals surface area contributed by atoms with Crippen LogP contribution in [0.5, 0.6) is 0 Å². The fourth-order valence-electron chi connectivity index (χ4n) is 3.39. The van der Waals surface area contributed by atoms with E-state index in [-0.39, 0.29) is 24.8 Å². The Morgan fingerprint density at radius 1 is 1.45 bits per heavy atom. The molecule has 0 saturated carbocycles. The highest BCUT2D eigenvalue weighted by molar-refractivity contribution is 7.98. The van der Waals surface area contributed by atoms with Crippen LogP contribution in [-0.4, -0.2) is 75.4 Å². The molecule has 2 aliphatic rings. The third-order valence-electron chi connectivity index (χ3n) is 5.05. The van der Waals surface area contributed by atoms with Gasteiger partial charge in [-0.2, -0.15) is 11.8 Å². The van der Waals surface area contributed by atoms with E-state index in [9.17, 15) is 14.0 Å². The van der Waals surface area contributed by atoms with Crippen LogP contribution < -0.4 is 26.2 Å². The van der Waals surface area contributed by atoms with E-state index in [0.717, 1.165) is 31.9 Å². The second-order valence-electron chi connectivity index (χ2n) is 7.12. The standard InChI is InChI=1S/C19H28FN5O3S/c1-29-9-4-16(21)18(26)23-11-14-12-25(19(27)28-14)13-2-3-17(15(20)10-13)24-7-5-22-6-8-24/h2-3,10,14,16,22H,4-9,11-12,21H2,1H3,(H,23,26). The number of hydrogen-bond acceptors (Lipinski definition) is 7. The zero-order valence-corrected chi connectivity index (χ0v) is 17.3. The van der Waals surface area contributed by atoms with Crippen LogP contribution in [0.25, 0.3) is 0 Å². The first kappa shape index (κ1) is 21.7. The zero-order chi connectivity index (χ0) is 20.8. The van der Waals surface area contributed by atoms with Crippen LogP contribution in [0.3, 0.4) is 0 Å². The SMILES string of the molecule is CSCCC(N)C(=O)NCC1CN(c2ccc(N3CCNCC3)c(F)c2)C(=O)O1. The summed E-state index contributed by atoms with van der Waals surface area (Å²) < 4.78 is 20.0. The highest BCUT2D eigenvalue weighted by Crippen LogP contribution is 2.28. The molecule has 4 N–H and O–H groups in total. The van der Waals surface area contributed by atoms with Crippen molar-refractivity contribution in [1.29, 1.82) is 0 Å². The Kier molecular flexibility index (Phi) is 7.57. The molecule has 0 aliphatic carbocycles. The topological polar surface area (TPSA) is 99.9 Å². The van der Waals surface area contributed by atoms with Crippen molar-refractivity contribution >= 4 is 35.1 Å². The van der Waals surface area contributed by atoms with Crippen molar-refractivity contribution in [3.05, 3.63) is 24.0 Å². The van der Waals surface area contributed by atoms with Crippen molar-refractivity contribution in [3.8, 4) is 0 Å². The van der Waals surface area contributed by atoms with Crippen LogP contribution in [0.15, 0.2) is 18.2 Å². The Balaban J connectivity index is 1.56. The van der Waals surface area contributed by atoms with E-state index in [1.165, 1.54) is 11.0 Å². The van der Waals surface area contributed by atoms with Gasteiger partial charge in [0.05, 0.1) is 30.5 Å². The quantitative estimate of drug-likeness (QED) is 0.565. The van der Waals surface area contributed by atoms with Gasteiger partial charge in [0.1, 0.15) is 11.9 Å². The number of nitrogens with two attached hydrogens (primary N) is 1. The second kappa shape index (κ2) is 10.1. The molecule has 2 saturated heterocycles. The van der Waals surface area contributed by atoms with Gasteiger partial charge in [0.25, 0.3) is 0 Å². The number of cyclic esters (lactones) is 1. The monoisotopic (exact) mass is 425 g/mol. The summed E-state index contributed by atoms with van der Waals surface area (Å²) in [4.78, 5) is 27.6. The van der Waals surface area contributed by atoms with Gasteiger partial charge < -0.3 is 26.0 Å². The number of anilines is 2. The molecule has 2 aliphatic heterocycles. The number of rotatable bonds is 8. The number of amides is 2. The Morgan fingerprint density at radius 2 is 2.21 bits per heavy atom. The highest BCUT2D eigenvalue weighted by atomic mass is 32.2. The summed E-state index contributed by atoms with van der Waals surface area (Å²) in [5.74, 6) is 0.171. The average molecular weight is 426 g/mol. The largest absolute Gasteiger partial charge is 0.442 e. The maximum atomic E-state index is 14.6. The van der Waals surface area contributed by atoms with E-state index >= 15 is 0 Å². The number of benzene rings is 1. The first-order valence-corrected chi connectivity index (χ1v) is 11.1. The van der Waals surface area contributed by atoms with Crippen LogP contribution in [0, 0.1) is 5.82 Å². The van der Waals surface area contributed by atoms with Crippen LogP contribution in [0.2, 0.25) is 0 Å². The van der Waals surface area contributed by atoms with Crippen molar-refractivity contribution in [2.75, 3.05) is 61.1 Å². The number of thioether (sulfide) groups is 1. The highest BCUT2D eigenvalue weighted by Gasteiger charge is 2.33. The van der Waals surface area contributed by atoms with Crippen molar-refractivity contribution in [2.24, 2.45) is 5.73 Å². The van der Waals surface area contributed by atoms with E-state index in [1.54, 1.807) is 23.9 Å². The normalized spacial score (nSPS) is 20.5. The number of carbonyl (C=O) groups is 2. The number of carbonyl (C=O) groups excluding carboxylic acids is 2. The molecule has 160 valence electrons. The first-order chi connectivity index (χ1) is 14.0. The summed E-state index contributed by atoms with van der Waals surface area (Å²) in [7, 11) is 0. The molecule has 2 fully saturated rings. The molecule has 2 amide bonds. The van der Waals surface area contributed by atoms with Crippen molar-refractivity contribution < 1.29 is 18.7 Å². The minimum atomic E-state index is -0.581. The molecule has 0 bridgehead atoms. The van der Waals surface area contributed by atoms with Crippen LogP contribution >= 0.6 is 11.8 Å². The Labute approximate surface area is 174 Å². The second-order valence-corrected chi connectivity index (χ2v) is 8.11. The Bertz CT molecular complexity index is 732. The van der Waals surface area contributed by atoms with Crippen molar-refractivity contribution in [3.63, 3.8) is 0 Å². The Hall–Kier alpha value is -2.04. The first-order valence-electron chi connectivity index (χ1n) is 9.75. The van der Waals surface area contributed by atoms with Gasteiger partial charge in [0, 0.05) is 26.2 Å². The van der Waals surface area contributed by atoms with Crippen LogP contribution in [0.4, 0.5) is 20.6 Å². The van der Waals surface area contributed by atoms with Gasteiger partial charge in [-0.1, -0.05) is 0 Å². The molecule has 29 heavy (non-hydrogen) atoms. The number of nitrogens with zero attached hydrogens (tertiary/aromatic N) is 2. The molecule has 0 aromatic heterocycles. The number of nitrogens with one attached hydrogen (secondary N) is 2. The van der Waals surface area contributed by atoms with Crippen molar-refractivity contribution in [1.82, 2.24) is 10.6 Å². The van der Waals surface area contributed by atoms with Gasteiger partial charge in [-0.25, -0.2) is 9.18 Å². The molecule has 10 heteroatoms. The van der Waals surface area contributed by atoms with Gasteiger partial charge >= 0.3 is 6.09 Å². The predicted molar refractivity (Wildman–Crippen MR) is 113 cm³/mol. The molecule has 1 aromatic carbocycles. The molecule has 3 rings (SSSR count). The lowest BCUT2D eigenvalue weighted by atomic mass is 10.2. The number of halogens is 1. The van der Waals surface area contributed by atoms with E-state index in [2.05, 4.69) is 10.6 Å². The van der Waals surface area contributed by atoms with Crippen LogP contribution in [0.1, 0.15) is 6.42 Å². The van der Waals surface area contributed by atoms with Gasteiger partial charge in [0.15, 0.2) is 0 Å². The molecule has 8 nitrogen and oxygen atoms in total. The van der Waals surface area contributed by atoms with E-state index in [4.69, 9.17) is 10.5 Å². The summed E-state index contributed by atoms with van der Waals surface area (Å²) in [5, 5.41) is 5.96. The molecular formula is C19H28FN5O3S. The van der Waals surface area contributed by atoms with Gasteiger partial charge in [-0.15, -0.1) is 0 Å². The lowest BCUT2D eigenvalue weighted by molar-refractivity contribution is -0.122. The zero-order valence-electron chi connectivity index (χ0n) is 16.5. The fraction of sp³-hybridized carbons (Fsp3) is 0.579. The van der Waals surface area contributed by atoms with Gasteiger partial charge in [-0.3, -0.25) is 9.69 Å². The minimum Gasteiger partial charge on any atom is -0.442 e. The van der Waals surface area contributed by atoms with E-state index in [0.29, 0.717) is 17.8 Å². The van der Waals surface area contributed by atoms with Gasteiger partial charge in [-0.05, 0) is 36.6 Å². The molecular weight excluding hydrogens is 397 g/mol. The lowest BCUT2D eigenvalue weighted by Crippen LogP contribution is -2.44. The summed E-state index contributed by atoms with van der Waals surface area (Å²) in [6.45, 7) is 3.52. The summed E-state index contributed by atoms with van der Waals surface area (Å²) in [6, 6.07) is 4.20. The predicted octanol–water partition coefficient (Wildman–Crippen LogP) is 0.757. The fourth-order valence-corrected chi connectivity index (χ4v) is 3.88. The number of hydrogen-bond donors (Lipinski definition) is 3. The number of ether oxygens (including phenoxy) is 1. The maximum absolute atomic E-state index is 14.6. The smallest absolute Gasteiger partial charge is 0.414 e. The molecule has 1 aromatic rings. The summed E-state index contributed by atoms with van der Waals surface area (Å²) >= 11 is 1.63. The van der Waals surface area contributed by atoms with Crippen molar-refractivity contribution in [2.45, 2.75) is 18.6 Å². The van der Waals surface area contributed by atoms with E-state index in [1.807, 2.05) is 11.2 Å². The maximum Gasteiger partial charge on any atom is 0.414 e. The molecule has 0 radical (unpaired) electrons. The summed E-state index contributed by atoms with van der Waals surface area (Å²) in [5.41, 5.74) is 6.81. The third kappa shape index (κ3) is 5.52. The third-order valence-corrected chi connectivity index (χ3v) is 5.69. The molecule has 0 spiro atoms. The lowest BCUT2D eigenvalue weighted by Gasteiger charge is -2.30. The van der Waals surface area contributed by atoms with Gasteiger partial charge in [0.2, 0.25) is 5.91 Å². The minimum absolute atomic E-state index is 0.176. The summed E-state index contributed by atoms with van der Waals surface area (Å²) in [6.07, 6.45) is 1.49. The van der Waals surface area contributed by atoms with E-state index < -0.39 is 18.2 Å². The number of piperazine rings is 1. The van der Waals surface area contributed by atoms with Crippen LogP contribution in [-0.2, 0) is 9.53 Å². The molecule has 2 unspecified atom stereocenters. The molecule has 2 atom stereocenters. The molecule has 2 heterocycles.